The lowest BCUT2D eigenvalue weighted by Gasteiger charge is -2.30. The first kappa shape index (κ1) is 34.0. The molecule has 0 aromatic carbocycles. The van der Waals surface area contributed by atoms with Gasteiger partial charge in [0.1, 0.15) is 30.6 Å². The Balaban J connectivity index is 1.68. The Kier molecular flexibility index (Phi) is 10.3. The van der Waals surface area contributed by atoms with Gasteiger partial charge in [-0.15, -0.1) is 0 Å². The van der Waals surface area contributed by atoms with E-state index < -0.39 is 97.7 Å². The highest BCUT2D eigenvalue weighted by Gasteiger charge is 2.50. The van der Waals surface area contributed by atoms with Gasteiger partial charge in [0, 0.05) is 34.9 Å². The number of ether oxygens (including phenoxy) is 3. The Labute approximate surface area is 253 Å². The molecular weight excluding hydrogens is 623 g/mol. The van der Waals surface area contributed by atoms with Crippen LogP contribution in [0.5, 0.6) is 0 Å². The van der Waals surface area contributed by atoms with E-state index in [1.807, 2.05) is 0 Å². The number of H-pyrrole nitrogens is 2. The minimum absolute atomic E-state index is 0.0718. The standard InChI is InChI=1S/C24H33N8O12P/c1-10-6-31(23(38)26-19(10)35)16-5-13(28-30-25)15(42-16)9-45(40,29-12(3)22(37)41-4)44-18-14(8-33)43-21(17(18)34)32-7-11(2)20(36)27-24(32)39/h6-7,12-18,21,33-34H,5,8-9H2,1-4H3,(H,29,40)(H,26,35,38)(H,27,36,39)/t12-,13+,14-,15?,16-,17+,18-,21-,45?/m1/s1. The molecule has 2 saturated heterocycles. The van der Waals surface area contributed by atoms with Crippen LogP contribution in [0.25, 0.3) is 10.4 Å². The van der Waals surface area contributed by atoms with E-state index >= 15 is 0 Å². The number of carbonyl (C=O) groups excluding carboxylic acids is 1. The number of hydrogen-bond acceptors (Lipinski definition) is 13. The largest absolute Gasteiger partial charge is 0.468 e. The fourth-order valence-corrected chi connectivity index (χ4v) is 7.53. The summed E-state index contributed by atoms with van der Waals surface area (Å²) in [4.78, 5) is 68.0. The third-order valence-electron chi connectivity index (χ3n) is 7.43. The van der Waals surface area contributed by atoms with E-state index in [-0.39, 0.29) is 17.5 Å². The minimum Gasteiger partial charge on any atom is -0.468 e. The Morgan fingerprint density at radius 3 is 2.33 bits per heavy atom. The molecule has 2 aliphatic heterocycles. The quantitative estimate of drug-likeness (QED) is 0.0616. The third kappa shape index (κ3) is 7.18. The van der Waals surface area contributed by atoms with Gasteiger partial charge in [-0.05, 0) is 26.3 Å². The fourth-order valence-electron chi connectivity index (χ4n) is 5.12. The van der Waals surface area contributed by atoms with Gasteiger partial charge in [0.05, 0.1) is 32.0 Å². The molecule has 2 unspecified atom stereocenters. The molecule has 0 amide bonds. The van der Waals surface area contributed by atoms with Crippen LogP contribution in [0, 0.1) is 13.8 Å². The molecule has 246 valence electrons. The maximum atomic E-state index is 14.5. The Morgan fingerprint density at radius 1 is 1.16 bits per heavy atom. The van der Waals surface area contributed by atoms with Crippen LogP contribution in [0.15, 0.2) is 36.7 Å². The molecule has 4 heterocycles. The van der Waals surface area contributed by atoms with Crippen LogP contribution in [0.3, 0.4) is 0 Å². The van der Waals surface area contributed by atoms with Gasteiger partial charge in [-0.1, -0.05) is 5.11 Å². The number of esters is 1. The summed E-state index contributed by atoms with van der Waals surface area (Å²) in [6.07, 6.45) is -6.66. The van der Waals surface area contributed by atoms with Crippen LogP contribution in [0.1, 0.15) is 36.9 Å². The van der Waals surface area contributed by atoms with Crippen molar-refractivity contribution in [3.63, 3.8) is 0 Å². The first-order valence-corrected chi connectivity index (χ1v) is 15.4. The second-order valence-electron chi connectivity index (χ2n) is 10.6. The highest BCUT2D eigenvalue weighted by Crippen LogP contribution is 2.51. The highest BCUT2D eigenvalue weighted by atomic mass is 31.2. The second kappa shape index (κ2) is 13.6. The number of aromatic amines is 2. The molecular formula is C24H33N8O12P. The van der Waals surface area contributed by atoms with Crippen molar-refractivity contribution in [1.82, 2.24) is 24.2 Å². The summed E-state index contributed by atoms with van der Waals surface area (Å²) in [5, 5.41) is 27.5. The lowest BCUT2D eigenvalue weighted by molar-refractivity contribution is -0.142. The molecule has 21 heteroatoms. The first-order chi connectivity index (χ1) is 21.2. The Hall–Kier alpha value is -3.87. The van der Waals surface area contributed by atoms with E-state index in [1.165, 1.54) is 27.0 Å². The van der Waals surface area contributed by atoms with Gasteiger partial charge in [-0.2, -0.15) is 0 Å². The van der Waals surface area contributed by atoms with E-state index in [2.05, 4.69) is 25.1 Å². The average molecular weight is 657 g/mol. The third-order valence-corrected chi connectivity index (χ3v) is 9.63. The number of aryl methyl sites for hydroxylation is 2. The molecule has 9 atom stereocenters. The number of hydrogen-bond donors (Lipinski definition) is 5. The first-order valence-electron chi connectivity index (χ1n) is 13.6. The predicted octanol–water partition coefficient (Wildman–Crippen LogP) is -1.35. The molecule has 2 aromatic heterocycles. The summed E-state index contributed by atoms with van der Waals surface area (Å²) in [6.45, 7) is 3.44. The summed E-state index contributed by atoms with van der Waals surface area (Å²) >= 11 is 0. The van der Waals surface area contributed by atoms with Crippen molar-refractivity contribution in [2.24, 2.45) is 5.11 Å². The number of aromatic nitrogens is 4. The highest BCUT2D eigenvalue weighted by molar-refractivity contribution is 7.57. The van der Waals surface area contributed by atoms with E-state index in [0.29, 0.717) is 0 Å². The summed E-state index contributed by atoms with van der Waals surface area (Å²) in [7, 11) is -3.28. The molecule has 0 spiro atoms. The predicted molar refractivity (Wildman–Crippen MR) is 153 cm³/mol. The maximum Gasteiger partial charge on any atom is 0.330 e. The lowest BCUT2D eigenvalue weighted by atomic mass is 10.1. The van der Waals surface area contributed by atoms with Gasteiger partial charge in [0.15, 0.2) is 6.23 Å². The van der Waals surface area contributed by atoms with Gasteiger partial charge in [-0.25, -0.2) is 14.7 Å². The number of rotatable bonds is 11. The normalized spacial score (nSPS) is 28.3. The molecule has 0 bridgehead atoms. The molecule has 0 aliphatic carbocycles. The van der Waals surface area contributed by atoms with Crippen molar-refractivity contribution in [3.05, 3.63) is 75.6 Å². The molecule has 0 radical (unpaired) electrons. The Morgan fingerprint density at radius 2 is 1.76 bits per heavy atom. The molecule has 5 N–H and O–H groups in total. The smallest absolute Gasteiger partial charge is 0.330 e. The number of carbonyl (C=O) groups is 1. The molecule has 45 heavy (non-hydrogen) atoms. The number of aliphatic hydroxyl groups is 2. The average Bonchev–Trinajstić information content (AvgIpc) is 3.51. The summed E-state index contributed by atoms with van der Waals surface area (Å²) in [6, 6.07) is -2.26. The van der Waals surface area contributed by atoms with E-state index in [1.54, 1.807) is 0 Å². The Bertz CT molecular complexity index is 1760. The van der Waals surface area contributed by atoms with Gasteiger partial charge in [0.25, 0.3) is 18.6 Å². The van der Waals surface area contributed by atoms with Crippen molar-refractivity contribution in [1.29, 1.82) is 0 Å². The number of methoxy groups -OCH3 is 1. The molecule has 2 aromatic rings. The molecule has 2 fully saturated rings. The lowest BCUT2D eigenvalue weighted by Crippen LogP contribution is -2.42. The number of azide groups is 1. The zero-order valence-electron chi connectivity index (χ0n) is 24.6. The SMILES string of the molecule is COC(=O)[C@@H](C)NP(=O)(CC1O[C@@H](n2cc(C)c(=O)[nH]c2=O)C[C@@H]1N=[N+]=[N-])O[C@H]1[C@H](O)[C@H](n2cc(C)c(=O)[nH]c2=O)O[C@@H]1CO. The van der Waals surface area contributed by atoms with E-state index in [4.69, 9.17) is 18.7 Å². The van der Waals surface area contributed by atoms with Crippen molar-refractivity contribution >= 4 is 13.5 Å². The topological polar surface area (TPSA) is 282 Å². The van der Waals surface area contributed by atoms with Gasteiger partial charge in [-0.3, -0.25) is 38.1 Å². The van der Waals surface area contributed by atoms with Crippen LogP contribution in [-0.4, -0.2) is 91.7 Å². The van der Waals surface area contributed by atoms with E-state index in [0.717, 1.165) is 22.4 Å². The fraction of sp³-hybridized carbons (Fsp3) is 0.625. The second-order valence-corrected chi connectivity index (χ2v) is 12.8. The van der Waals surface area contributed by atoms with Gasteiger partial charge < -0.3 is 28.9 Å². The minimum atomic E-state index is -4.39. The zero-order valence-corrected chi connectivity index (χ0v) is 25.4. The number of aliphatic hydroxyl groups excluding tert-OH is 2. The number of nitrogens with one attached hydrogen (secondary N) is 3. The molecule has 0 saturated carbocycles. The van der Waals surface area contributed by atoms with Crippen LogP contribution < -0.4 is 27.6 Å². The van der Waals surface area contributed by atoms with Crippen molar-refractivity contribution in [2.75, 3.05) is 19.9 Å². The maximum absolute atomic E-state index is 14.5. The van der Waals surface area contributed by atoms with Gasteiger partial charge in [0.2, 0.25) is 0 Å². The van der Waals surface area contributed by atoms with E-state index in [9.17, 15) is 44.3 Å². The van der Waals surface area contributed by atoms with Crippen LogP contribution >= 0.6 is 7.52 Å². The van der Waals surface area contributed by atoms with Crippen molar-refractivity contribution in [2.45, 2.75) is 76.1 Å². The summed E-state index contributed by atoms with van der Waals surface area (Å²) in [5.41, 5.74) is 6.51. The van der Waals surface area contributed by atoms with Crippen LogP contribution in [0.4, 0.5) is 0 Å². The zero-order chi connectivity index (χ0) is 33.2. The number of nitrogens with zero attached hydrogens (tertiary/aromatic N) is 5. The van der Waals surface area contributed by atoms with Gasteiger partial charge >= 0.3 is 17.3 Å². The summed E-state index contributed by atoms with van der Waals surface area (Å²) in [5.74, 6) is -0.832. The van der Waals surface area contributed by atoms with Crippen LogP contribution in [0.2, 0.25) is 0 Å². The molecule has 2 aliphatic rings. The van der Waals surface area contributed by atoms with Crippen LogP contribution in [-0.2, 0) is 28.1 Å². The van der Waals surface area contributed by atoms with Crippen molar-refractivity contribution in [3.8, 4) is 0 Å². The monoisotopic (exact) mass is 656 g/mol. The summed E-state index contributed by atoms with van der Waals surface area (Å²) < 4.78 is 38.7. The molecule has 20 nitrogen and oxygen atoms in total. The molecule has 4 rings (SSSR count). The van der Waals surface area contributed by atoms with Crippen molar-refractivity contribution < 1.29 is 38.3 Å².